The summed E-state index contributed by atoms with van der Waals surface area (Å²) in [5.74, 6) is 2.03. The molecule has 0 bridgehead atoms. The van der Waals surface area contributed by atoms with Crippen LogP contribution in [0.1, 0.15) is 42.4 Å². The van der Waals surface area contributed by atoms with E-state index in [-0.39, 0.29) is 12.9 Å². The summed E-state index contributed by atoms with van der Waals surface area (Å²) in [5.41, 5.74) is 2.48. The Morgan fingerprint density at radius 3 is 2.63 bits per heavy atom. The Bertz CT molecular complexity index is 917. The van der Waals surface area contributed by atoms with Gasteiger partial charge in [-0.05, 0) is 56.0 Å². The summed E-state index contributed by atoms with van der Waals surface area (Å²) in [5, 5.41) is 10.4. The molecule has 1 saturated heterocycles. The van der Waals surface area contributed by atoms with Gasteiger partial charge >= 0.3 is 0 Å². The second-order valence-electron chi connectivity index (χ2n) is 7.39. The lowest BCUT2D eigenvalue weighted by molar-refractivity contribution is -0.175. The van der Waals surface area contributed by atoms with Gasteiger partial charge in [-0.2, -0.15) is 0 Å². The number of rotatable bonds is 8. The first-order valence-electron chi connectivity index (χ1n) is 10.3. The van der Waals surface area contributed by atoms with Gasteiger partial charge in [0.1, 0.15) is 29.9 Å². The van der Waals surface area contributed by atoms with Crippen molar-refractivity contribution in [2.75, 3.05) is 13.2 Å². The minimum Gasteiger partial charge on any atom is -0.487 e. The Balaban J connectivity index is 1.30. The summed E-state index contributed by atoms with van der Waals surface area (Å²) in [6, 6.07) is 17.1. The van der Waals surface area contributed by atoms with E-state index in [0.29, 0.717) is 18.2 Å². The Morgan fingerprint density at radius 2 is 1.90 bits per heavy atom. The number of aromatic nitrogens is 1. The van der Waals surface area contributed by atoms with Gasteiger partial charge in [0.05, 0.1) is 6.61 Å². The Kier molecular flexibility index (Phi) is 6.79. The van der Waals surface area contributed by atoms with Gasteiger partial charge in [-0.15, -0.1) is 0 Å². The van der Waals surface area contributed by atoms with Gasteiger partial charge in [0.2, 0.25) is 5.89 Å². The van der Waals surface area contributed by atoms with Crippen molar-refractivity contribution < 1.29 is 23.7 Å². The van der Waals surface area contributed by atoms with Crippen LogP contribution in [-0.4, -0.2) is 29.6 Å². The molecular formula is C24H27NO5. The van der Waals surface area contributed by atoms with Crippen molar-refractivity contribution in [3.8, 4) is 17.2 Å². The molecule has 2 heterocycles. The highest BCUT2D eigenvalue weighted by molar-refractivity contribution is 5.53. The summed E-state index contributed by atoms with van der Waals surface area (Å²) >= 11 is 0. The summed E-state index contributed by atoms with van der Waals surface area (Å²) in [7, 11) is 0. The normalized spacial score (nSPS) is 17.6. The molecule has 4 rings (SSSR count). The SMILES string of the molecule is Cc1oc(-c2ccccc2)nc1COc1ccc(C(O)COC2CCCCO2)cc1. The zero-order chi connectivity index (χ0) is 20.8. The molecule has 3 aromatic rings. The zero-order valence-corrected chi connectivity index (χ0v) is 17.1. The molecular weight excluding hydrogens is 382 g/mol. The summed E-state index contributed by atoms with van der Waals surface area (Å²) in [6.07, 6.45) is 2.15. The molecule has 6 heteroatoms. The van der Waals surface area contributed by atoms with Crippen molar-refractivity contribution in [3.63, 3.8) is 0 Å². The topological polar surface area (TPSA) is 74.0 Å². The first-order valence-corrected chi connectivity index (χ1v) is 10.3. The van der Waals surface area contributed by atoms with Crippen molar-refractivity contribution in [3.05, 3.63) is 71.6 Å². The number of hydrogen-bond acceptors (Lipinski definition) is 6. The monoisotopic (exact) mass is 409 g/mol. The molecule has 0 aliphatic carbocycles. The highest BCUT2D eigenvalue weighted by Gasteiger charge is 2.17. The number of nitrogens with zero attached hydrogens (tertiary/aromatic N) is 1. The molecule has 2 atom stereocenters. The number of hydrogen-bond donors (Lipinski definition) is 1. The van der Waals surface area contributed by atoms with Crippen LogP contribution in [0.3, 0.4) is 0 Å². The molecule has 0 amide bonds. The fourth-order valence-electron chi connectivity index (χ4n) is 3.34. The van der Waals surface area contributed by atoms with Crippen molar-refractivity contribution in [1.82, 2.24) is 4.98 Å². The van der Waals surface area contributed by atoms with E-state index in [1.807, 2.05) is 61.5 Å². The Labute approximate surface area is 176 Å². The molecule has 2 unspecified atom stereocenters. The van der Waals surface area contributed by atoms with Gasteiger partial charge in [-0.25, -0.2) is 4.98 Å². The second kappa shape index (κ2) is 9.89. The lowest BCUT2D eigenvalue weighted by atomic mass is 10.1. The minimum atomic E-state index is -0.698. The third-order valence-electron chi connectivity index (χ3n) is 5.13. The van der Waals surface area contributed by atoms with E-state index in [4.69, 9.17) is 18.6 Å². The quantitative estimate of drug-likeness (QED) is 0.576. The molecule has 0 radical (unpaired) electrons. The molecule has 30 heavy (non-hydrogen) atoms. The van der Waals surface area contributed by atoms with Crippen LogP contribution in [0.5, 0.6) is 5.75 Å². The van der Waals surface area contributed by atoms with E-state index in [2.05, 4.69) is 4.98 Å². The van der Waals surface area contributed by atoms with Gasteiger partial charge in [-0.1, -0.05) is 30.3 Å². The van der Waals surface area contributed by atoms with E-state index in [9.17, 15) is 5.11 Å². The van der Waals surface area contributed by atoms with Crippen molar-refractivity contribution in [2.45, 2.75) is 45.2 Å². The van der Waals surface area contributed by atoms with Crippen molar-refractivity contribution in [1.29, 1.82) is 0 Å². The van der Waals surface area contributed by atoms with Gasteiger partial charge in [0.15, 0.2) is 6.29 Å². The average Bonchev–Trinajstić information content (AvgIpc) is 3.18. The fraction of sp³-hybridized carbons (Fsp3) is 0.375. The molecule has 1 aliphatic rings. The fourth-order valence-corrected chi connectivity index (χ4v) is 3.34. The van der Waals surface area contributed by atoms with Gasteiger partial charge in [-0.3, -0.25) is 0 Å². The first kappa shape index (κ1) is 20.6. The van der Waals surface area contributed by atoms with Crippen LogP contribution in [0, 0.1) is 6.92 Å². The predicted molar refractivity (Wildman–Crippen MR) is 112 cm³/mol. The third-order valence-corrected chi connectivity index (χ3v) is 5.13. The van der Waals surface area contributed by atoms with E-state index in [1.54, 1.807) is 0 Å². The van der Waals surface area contributed by atoms with Gasteiger partial charge < -0.3 is 23.7 Å². The van der Waals surface area contributed by atoms with Crippen LogP contribution in [0.15, 0.2) is 59.0 Å². The number of aliphatic hydroxyl groups excluding tert-OH is 1. The van der Waals surface area contributed by atoms with Crippen LogP contribution in [0.25, 0.3) is 11.5 Å². The van der Waals surface area contributed by atoms with Crippen molar-refractivity contribution >= 4 is 0 Å². The highest BCUT2D eigenvalue weighted by Crippen LogP contribution is 2.24. The predicted octanol–water partition coefficient (Wildman–Crippen LogP) is 4.81. The lowest BCUT2D eigenvalue weighted by Crippen LogP contribution is -2.24. The molecule has 1 aliphatic heterocycles. The van der Waals surface area contributed by atoms with E-state index in [1.165, 1.54) is 0 Å². The third kappa shape index (κ3) is 5.27. The van der Waals surface area contributed by atoms with Crippen LogP contribution >= 0.6 is 0 Å². The average molecular weight is 409 g/mol. The second-order valence-corrected chi connectivity index (χ2v) is 7.39. The van der Waals surface area contributed by atoms with Gasteiger partial charge in [0, 0.05) is 12.2 Å². The van der Waals surface area contributed by atoms with Crippen LogP contribution in [0.2, 0.25) is 0 Å². The summed E-state index contributed by atoms with van der Waals surface area (Å²) in [6.45, 7) is 3.13. The van der Waals surface area contributed by atoms with E-state index < -0.39 is 6.10 Å². The van der Waals surface area contributed by atoms with Gasteiger partial charge in [0.25, 0.3) is 0 Å². The largest absolute Gasteiger partial charge is 0.487 e. The Hall–Kier alpha value is -2.67. The van der Waals surface area contributed by atoms with E-state index >= 15 is 0 Å². The zero-order valence-electron chi connectivity index (χ0n) is 17.1. The number of aliphatic hydroxyl groups is 1. The Morgan fingerprint density at radius 1 is 1.10 bits per heavy atom. The number of oxazole rings is 1. The highest BCUT2D eigenvalue weighted by atomic mass is 16.7. The molecule has 2 aromatic carbocycles. The molecule has 1 N–H and O–H groups in total. The molecule has 0 saturated carbocycles. The summed E-state index contributed by atoms with van der Waals surface area (Å²) in [4.78, 5) is 4.55. The lowest BCUT2D eigenvalue weighted by Gasteiger charge is -2.24. The molecule has 6 nitrogen and oxygen atoms in total. The minimum absolute atomic E-state index is 0.206. The number of ether oxygens (including phenoxy) is 3. The number of benzene rings is 2. The molecule has 0 spiro atoms. The molecule has 1 aromatic heterocycles. The maximum atomic E-state index is 10.4. The molecule has 1 fully saturated rings. The van der Waals surface area contributed by atoms with E-state index in [0.717, 1.165) is 48.5 Å². The molecule has 158 valence electrons. The van der Waals surface area contributed by atoms with Crippen LogP contribution in [0.4, 0.5) is 0 Å². The number of aryl methyl sites for hydroxylation is 1. The van der Waals surface area contributed by atoms with Crippen LogP contribution in [-0.2, 0) is 16.1 Å². The smallest absolute Gasteiger partial charge is 0.226 e. The van der Waals surface area contributed by atoms with Crippen LogP contribution < -0.4 is 4.74 Å². The maximum Gasteiger partial charge on any atom is 0.226 e. The van der Waals surface area contributed by atoms with Crippen molar-refractivity contribution in [2.24, 2.45) is 0 Å². The standard InChI is InChI=1S/C24H27NO5/c1-17-21(25-24(30-17)19-7-3-2-4-8-19)15-28-20-12-10-18(11-13-20)22(26)16-29-23-9-5-6-14-27-23/h2-4,7-8,10-13,22-23,26H,5-6,9,14-16H2,1H3. The summed E-state index contributed by atoms with van der Waals surface area (Å²) < 4.78 is 22.8. The first-order chi connectivity index (χ1) is 14.7. The maximum absolute atomic E-state index is 10.4.